The molecule has 0 bridgehead atoms. The van der Waals surface area contributed by atoms with Gasteiger partial charge in [0.05, 0.1) is 0 Å². The van der Waals surface area contributed by atoms with Crippen molar-refractivity contribution in [2.24, 2.45) is 0 Å². The first kappa shape index (κ1) is 28.3. The molecule has 2 aliphatic heterocycles. The predicted octanol–water partition coefficient (Wildman–Crippen LogP) is 2.77. The van der Waals surface area contributed by atoms with Crippen molar-refractivity contribution < 1.29 is 23.9 Å². The van der Waals surface area contributed by atoms with E-state index in [1.54, 1.807) is 9.80 Å². The third-order valence-corrected chi connectivity index (χ3v) is 6.95. The van der Waals surface area contributed by atoms with Crippen molar-refractivity contribution in [3.63, 3.8) is 0 Å². The number of benzene rings is 1. The molecule has 1 aromatic rings. The van der Waals surface area contributed by atoms with E-state index in [1.807, 2.05) is 51.1 Å². The van der Waals surface area contributed by atoms with Gasteiger partial charge >= 0.3 is 12.1 Å². The quantitative estimate of drug-likeness (QED) is 0.414. The minimum Gasteiger partial charge on any atom is -0.445 e. The Morgan fingerprint density at radius 1 is 1.14 bits per heavy atom. The summed E-state index contributed by atoms with van der Waals surface area (Å²) in [6.45, 7) is 7.82. The highest BCUT2D eigenvalue weighted by molar-refractivity contribution is 6.00. The molecule has 10 heteroatoms. The molecular formula is C27H41N5O5. The summed E-state index contributed by atoms with van der Waals surface area (Å²) in [4.78, 5) is 54.5. The maximum absolute atomic E-state index is 13.4. The van der Waals surface area contributed by atoms with E-state index in [-0.39, 0.29) is 30.5 Å². The van der Waals surface area contributed by atoms with E-state index in [2.05, 4.69) is 16.0 Å². The van der Waals surface area contributed by atoms with Crippen LogP contribution in [0.1, 0.15) is 64.9 Å². The highest BCUT2D eigenvalue weighted by Gasteiger charge is 2.53. The van der Waals surface area contributed by atoms with Gasteiger partial charge in [-0.05, 0) is 57.9 Å². The highest BCUT2D eigenvalue weighted by atomic mass is 16.5. The Bertz CT molecular complexity index is 930. The number of unbranched alkanes of at least 4 members (excludes halogenated alkanes) is 1. The Labute approximate surface area is 219 Å². The van der Waals surface area contributed by atoms with E-state index in [4.69, 9.17) is 4.74 Å². The maximum Gasteiger partial charge on any atom is 0.407 e. The molecule has 2 fully saturated rings. The van der Waals surface area contributed by atoms with Crippen LogP contribution in [0.25, 0.3) is 0 Å². The fraction of sp³-hybridized carbons (Fsp3) is 0.630. The monoisotopic (exact) mass is 515 g/mol. The lowest BCUT2D eigenvalue weighted by molar-refractivity contribution is -0.161. The second-order valence-corrected chi connectivity index (χ2v) is 10.1. The van der Waals surface area contributed by atoms with Gasteiger partial charge in [-0.1, -0.05) is 37.3 Å². The van der Waals surface area contributed by atoms with E-state index in [0.717, 1.165) is 12.0 Å². The van der Waals surface area contributed by atoms with Gasteiger partial charge in [0.15, 0.2) is 0 Å². The van der Waals surface area contributed by atoms with Crippen molar-refractivity contribution in [3.05, 3.63) is 35.9 Å². The molecule has 10 nitrogen and oxygen atoms in total. The van der Waals surface area contributed by atoms with Crippen LogP contribution < -0.4 is 16.0 Å². The molecule has 0 aromatic heterocycles. The van der Waals surface area contributed by atoms with Crippen molar-refractivity contribution in [2.45, 2.75) is 83.5 Å². The van der Waals surface area contributed by atoms with Gasteiger partial charge in [0, 0.05) is 32.2 Å². The number of rotatable bonds is 10. The smallest absolute Gasteiger partial charge is 0.407 e. The number of piperidine rings is 1. The maximum atomic E-state index is 13.4. The van der Waals surface area contributed by atoms with Gasteiger partial charge < -0.3 is 30.5 Å². The van der Waals surface area contributed by atoms with Crippen LogP contribution in [0.4, 0.5) is 9.59 Å². The van der Waals surface area contributed by atoms with Gasteiger partial charge in [-0.25, -0.2) is 9.59 Å². The molecule has 3 N–H and O–H groups in total. The third kappa shape index (κ3) is 7.36. The SMILES string of the molecule is CCCN1C(=O)[C@H](CCCCNC(=O)OCc2ccccc2)NC(=O)C12CCN(C(=O)NC(C)C)CC2. The molecule has 2 heterocycles. The normalized spacial score (nSPS) is 19.1. The number of urea groups is 1. The first-order chi connectivity index (χ1) is 17.8. The Morgan fingerprint density at radius 3 is 2.49 bits per heavy atom. The van der Waals surface area contributed by atoms with Gasteiger partial charge in [0.2, 0.25) is 11.8 Å². The van der Waals surface area contributed by atoms with Crippen LogP contribution >= 0.6 is 0 Å². The number of ether oxygens (including phenoxy) is 1. The zero-order chi connectivity index (χ0) is 26.8. The fourth-order valence-electron chi connectivity index (χ4n) is 4.97. The summed E-state index contributed by atoms with van der Waals surface area (Å²) in [6, 6.07) is 8.80. The lowest BCUT2D eigenvalue weighted by Crippen LogP contribution is -2.73. The molecule has 2 saturated heterocycles. The fourth-order valence-corrected chi connectivity index (χ4v) is 4.97. The molecule has 37 heavy (non-hydrogen) atoms. The average Bonchev–Trinajstić information content (AvgIpc) is 2.88. The molecule has 3 rings (SSSR count). The summed E-state index contributed by atoms with van der Waals surface area (Å²) in [5.74, 6) is -0.186. The molecular weight excluding hydrogens is 474 g/mol. The summed E-state index contributed by atoms with van der Waals surface area (Å²) in [7, 11) is 0. The van der Waals surface area contributed by atoms with Crippen molar-refractivity contribution >= 4 is 23.9 Å². The van der Waals surface area contributed by atoms with Gasteiger partial charge in [0.1, 0.15) is 18.2 Å². The Hall–Kier alpha value is -3.30. The number of hydrogen-bond donors (Lipinski definition) is 3. The molecule has 1 atom stereocenters. The van der Waals surface area contributed by atoms with Crippen molar-refractivity contribution in [1.82, 2.24) is 25.8 Å². The first-order valence-corrected chi connectivity index (χ1v) is 13.4. The van der Waals surface area contributed by atoms with E-state index >= 15 is 0 Å². The van der Waals surface area contributed by atoms with Crippen LogP contribution in [0.5, 0.6) is 0 Å². The number of likely N-dealkylation sites (tertiary alicyclic amines) is 1. The van der Waals surface area contributed by atoms with Crippen LogP contribution in [0.2, 0.25) is 0 Å². The Balaban J connectivity index is 1.45. The van der Waals surface area contributed by atoms with Crippen LogP contribution in [-0.2, 0) is 20.9 Å². The van der Waals surface area contributed by atoms with Crippen LogP contribution in [0.3, 0.4) is 0 Å². The largest absolute Gasteiger partial charge is 0.445 e. The standard InChI is InChI=1S/C27H41N5O5/c1-4-16-32-23(33)22(12-8-9-15-28-26(36)37-19-21-10-6-5-7-11-21)30-24(34)27(32)13-17-31(18-14-27)25(35)29-20(2)3/h5-7,10-11,20,22H,4,8-9,12-19H2,1-3H3,(H,28,36)(H,29,35)(H,30,34)/t22-/m0/s1. The lowest BCUT2D eigenvalue weighted by atomic mass is 9.81. The van der Waals surface area contributed by atoms with Gasteiger partial charge in [0.25, 0.3) is 0 Å². The zero-order valence-electron chi connectivity index (χ0n) is 22.3. The molecule has 5 amide bonds. The predicted molar refractivity (Wildman–Crippen MR) is 140 cm³/mol. The summed E-state index contributed by atoms with van der Waals surface area (Å²) in [5, 5.41) is 8.59. The summed E-state index contributed by atoms with van der Waals surface area (Å²) >= 11 is 0. The van der Waals surface area contributed by atoms with E-state index in [0.29, 0.717) is 58.3 Å². The number of alkyl carbamates (subject to hydrolysis) is 1. The number of carbonyl (C=O) groups is 4. The first-order valence-electron chi connectivity index (χ1n) is 13.4. The molecule has 1 spiro atoms. The second-order valence-electron chi connectivity index (χ2n) is 10.1. The topological polar surface area (TPSA) is 120 Å². The summed E-state index contributed by atoms with van der Waals surface area (Å²) < 4.78 is 5.21. The highest BCUT2D eigenvalue weighted by Crippen LogP contribution is 2.34. The second kappa shape index (κ2) is 13.3. The Kier molecular flexibility index (Phi) is 10.2. The van der Waals surface area contributed by atoms with Crippen molar-refractivity contribution in [3.8, 4) is 0 Å². The zero-order valence-corrected chi connectivity index (χ0v) is 22.3. The number of nitrogens with one attached hydrogen (secondary N) is 3. The minimum absolute atomic E-state index is 0.0374. The molecule has 204 valence electrons. The summed E-state index contributed by atoms with van der Waals surface area (Å²) in [6.07, 6.45) is 2.97. The number of hydrogen-bond acceptors (Lipinski definition) is 5. The minimum atomic E-state index is -0.901. The number of nitrogens with zero attached hydrogens (tertiary/aromatic N) is 2. The molecule has 2 aliphatic rings. The van der Waals surface area contributed by atoms with Crippen LogP contribution in [0, 0.1) is 0 Å². The van der Waals surface area contributed by atoms with Crippen molar-refractivity contribution in [2.75, 3.05) is 26.2 Å². The molecule has 0 saturated carbocycles. The third-order valence-electron chi connectivity index (χ3n) is 6.95. The van der Waals surface area contributed by atoms with Gasteiger partial charge in [-0.2, -0.15) is 0 Å². The van der Waals surface area contributed by atoms with Crippen molar-refractivity contribution in [1.29, 1.82) is 0 Å². The van der Waals surface area contributed by atoms with Crippen LogP contribution in [0.15, 0.2) is 30.3 Å². The molecule has 1 aromatic carbocycles. The molecule has 0 unspecified atom stereocenters. The number of piperazine rings is 1. The lowest BCUT2D eigenvalue weighted by Gasteiger charge is -2.51. The number of carbonyl (C=O) groups excluding carboxylic acids is 4. The average molecular weight is 516 g/mol. The molecule has 0 aliphatic carbocycles. The molecule has 0 radical (unpaired) electrons. The van der Waals surface area contributed by atoms with E-state index in [1.165, 1.54) is 0 Å². The van der Waals surface area contributed by atoms with Gasteiger partial charge in [-0.3, -0.25) is 9.59 Å². The van der Waals surface area contributed by atoms with E-state index in [9.17, 15) is 19.2 Å². The number of amides is 5. The van der Waals surface area contributed by atoms with Crippen LogP contribution in [-0.4, -0.2) is 77.5 Å². The van der Waals surface area contributed by atoms with E-state index < -0.39 is 17.7 Å². The Morgan fingerprint density at radius 2 is 1.84 bits per heavy atom. The summed E-state index contributed by atoms with van der Waals surface area (Å²) in [5.41, 5.74) is 0.0190. The van der Waals surface area contributed by atoms with Gasteiger partial charge in [-0.15, -0.1) is 0 Å².